The molecule has 0 aliphatic carbocycles. The van der Waals surface area contributed by atoms with Crippen LogP contribution in [-0.2, 0) is 32.1 Å². The second kappa shape index (κ2) is 9.29. The van der Waals surface area contributed by atoms with Crippen molar-refractivity contribution < 1.29 is 28.2 Å². The van der Waals surface area contributed by atoms with E-state index < -0.39 is 41.3 Å². The molecule has 31 heavy (non-hydrogen) atoms. The average Bonchev–Trinajstić information content (AvgIpc) is 3.02. The highest BCUT2D eigenvalue weighted by atomic mass is 19.1. The molecule has 2 amide bonds. The number of likely N-dealkylation sites (tertiary alicyclic amines) is 1. The molecular weight excluding hydrogens is 401 g/mol. The molecule has 1 fully saturated rings. The number of ether oxygens (including phenoxy) is 2. The van der Waals surface area contributed by atoms with E-state index >= 15 is 0 Å². The van der Waals surface area contributed by atoms with E-state index in [2.05, 4.69) is 0 Å². The highest BCUT2D eigenvalue weighted by molar-refractivity contribution is 6.00. The Morgan fingerprint density at radius 1 is 1.06 bits per heavy atom. The predicted molar refractivity (Wildman–Crippen MR) is 111 cm³/mol. The summed E-state index contributed by atoms with van der Waals surface area (Å²) in [7, 11) is 0. The first-order valence-electron chi connectivity index (χ1n) is 10.1. The van der Waals surface area contributed by atoms with Gasteiger partial charge in [0.15, 0.2) is 0 Å². The maximum Gasteiger partial charge on any atom is 0.417 e. The molecule has 1 heterocycles. The van der Waals surface area contributed by atoms with Crippen LogP contribution in [0.1, 0.15) is 38.3 Å². The molecule has 6 nitrogen and oxygen atoms in total. The molecule has 0 spiro atoms. The monoisotopic (exact) mass is 427 g/mol. The molecule has 0 N–H and O–H groups in total. The van der Waals surface area contributed by atoms with E-state index in [9.17, 15) is 18.8 Å². The summed E-state index contributed by atoms with van der Waals surface area (Å²) in [6.45, 7) is 5.07. The van der Waals surface area contributed by atoms with Crippen molar-refractivity contribution in [2.75, 3.05) is 0 Å². The summed E-state index contributed by atoms with van der Waals surface area (Å²) in [5.41, 5.74) is 0.567. The van der Waals surface area contributed by atoms with Crippen LogP contribution in [0.3, 0.4) is 0 Å². The first kappa shape index (κ1) is 22.5. The highest BCUT2D eigenvalue weighted by Crippen LogP contribution is 2.30. The van der Waals surface area contributed by atoms with Crippen LogP contribution in [0.2, 0.25) is 0 Å². The van der Waals surface area contributed by atoms with Crippen LogP contribution in [-0.4, -0.2) is 34.5 Å². The fraction of sp³-hybridized carbons (Fsp3) is 0.375. The molecule has 1 aliphatic rings. The van der Waals surface area contributed by atoms with E-state index in [0.717, 1.165) is 10.5 Å². The lowest BCUT2D eigenvalue weighted by atomic mass is 9.96. The van der Waals surface area contributed by atoms with E-state index in [0.29, 0.717) is 5.56 Å². The minimum atomic E-state index is -1.09. The van der Waals surface area contributed by atoms with Crippen LogP contribution in [0.15, 0.2) is 54.6 Å². The normalized spacial score (nSPS) is 18.7. The molecular formula is C24H26FNO5. The summed E-state index contributed by atoms with van der Waals surface area (Å²) < 4.78 is 24.3. The fourth-order valence-corrected chi connectivity index (χ4v) is 3.50. The Hall–Kier alpha value is -3.22. The molecule has 1 saturated heterocycles. The van der Waals surface area contributed by atoms with Gasteiger partial charge < -0.3 is 9.47 Å². The highest BCUT2D eigenvalue weighted by Gasteiger charge is 2.48. The Morgan fingerprint density at radius 3 is 2.39 bits per heavy atom. The van der Waals surface area contributed by atoms with E-state index in [1.807, 2.05) is 30.3 Å². The number of esters is 1. The number of imide groups is 1. The van der Waals surface area contributed by atoms with E-state index in [-0.39, 0.29) is 19.4 Å². The van der Waals surface area contributed by atoms with E-state index in [1.165, 1.54) is 12.1 Å². The molecule has 164 valence electrons. The first-order chi connectivity index (χ1) is 14.6. The second-order valence-corrected chi connectivity index (χ2v) is 8.56. The Morgan fingerprint density at radius 2 is 1.74 bits per heavy atom. The summed E-state index contributed by atoms with van der Waals surface area (Å²) >= 11 is 0. The minimum Gasteiger partial charge on any atom is -0.459 e. The first-order valence-corrected chi connectivity index (χ1v) is 10.1. The standard InChI is InChI=1S/C24H26FNO5/c1-24(2,3)31-23(29)26-20(22(28)30-15-16-8-5-4-6-9-16)14-18(21(26)27)12-17-10-7-11-19(25)13-17/h4-11,13,18,20H,12,14-15H2,1-3H3/t18-,20+/m0/s1. The third kappa shape index (κ3) is 5.90. The molecule has 1 aliphatic heterocycles. The Bertz CT molecular complexity index is 954. The van der Waals surface area contributed by atoms with Crippen molar-refractivity contribution in [2.24, 2.45) is 5.92 Å². The molecule has 0 unspecified atom stereocenters. The van der Waals surface area contributed by atoms with Gasteiger partial charge in [0.2, 0.25) is 5.91 Å². The van der Waals surface area contributed by atoms with Crippen LogP contribution in [0.5, 0.6) is 0 Å². The van der Waals surface area contributed by atoms with Gasteiger partial charge in [-0.3, -0.25) is 4.79 Å². The lowest BCUT2D eigenvalue weighted by Gasteiger charge is -2.26. The molecule has 0 bridgehead atoms. The lowest BCUT2D eigenvalue weighted by Crippen LogP contribution is -2.46. The molecule has 0 saturated carbocycles. The van der Waals surface area contributed by atoms with Crippen LogP contribution in [0.4, 0.5) is 9.18 Å². The van der Waals surface area contributed by atoms with Gasteiger partial charge in [-0.25, -0.2) is 18.9 Å². The van der Waals surface area contributed by atoms with Crippen molar-refractivity contribution in [1.82, 2.24) is 4.90 Å². The van der Waals surface area contributed by atoms with Crippen LogP contribution in [0, 0.1) is 11.7 Å². The number of amides is 2. The molecule has 2 atom stereocenters. The summed E-state index contributed by atoms with van der Waals surface area (Å²) in [5.74, 6) is -2.28. The fourth-order valence-electron chi connectivity index (χ4n) is 3.50. The summed E-state index contributed by atoms with van der Waals surface area (Å²) in [6, 6.07) is 13.9. The predicted octanol–water partition coefficient (Wildman–Crippen LogP) is 4.26. The lowest BCUT2D eigenvalue weighted by molar-refractivity contribution is -0.152. The van der Waals surface area contributed by atoms with Gasteiger partial charge >= 0.3 is 12.1 Å². The number of benzene rings is 2. The van der Waals surface area contributed by atoms with Gasteiger partial charge in [-0.2, -0.15) is 0 Å². The Balaban J connectivity index is 1.78. The maximum atomic E-state index is 13.6. The van der Waals surface area contributed by atoms with Crippen molar-refractivity contribution in [3.8, 4) is 0 Å². The van der Waals surface area contributed by atoms with E-state index in [4.69, 9.17) is 9.47 Å². The summed E-state index contributed by atoms with van der Waals surface area (Å²) in [6.07, 6.45) is -0.596. The van der Waals surface area contributed by atoms with Crippen molar-refractivity contribution in [1.29, 1.82) is 0 Å². The number of carbonyl (C=O) groups is 3. The number of hydrogen-bond acceptors (Lipinski definition) is 5. The van der Waals surface area contributed by atoms with Gasteiger partial charge in [0, 0.05) is 5.92 Å². The van der Waals surface area contributed by atoms with Gasteiger partial charge in [-0.15, -0.1) is 0 Å². The number of halogens is 1. The topological polar surface area (TPSA) is 72.9 Å². The Labute approximate surface area is 180 Å². The average molecular weight is 427 g/mol. The quantitative estimate of drug-likeness (QED) is 0.667. The second-order valence-electron chi connectivity index (χ2n) is 8.56. The van der Waals surface area contributed by atoms with Crippen LogP contribution in [0.25, 0.3) is 0 Å². The summed E-state index contributed by atoms with van der Waals surface area (Å²) in [5, 5.41) is 0. The van der Waals surface area contributed by atoms with Gasteiger partial charge in [0.1, 0.15) is 24.1 Å². The Kier molecular flexibility index (Phi) is 6.73. The van der Waals surface area contributed by atoms with E-state index in [1.54, 1.807) is 32.9 Å². The number of rotatable bonds is 5. The van der Waals surface area contributed by atoms with Gasteiger partial charge in [0.25, 0.3) is 0 Å². The SMILES string of the molecule is CC(C)(C)OC(=O)N1C(=O)[C@@H](Cc2cccc(F)c2)C[C@@H]1C(=O)OCc1ccccc1. The van der Waals surface area contributed by atoms with Gasteiger partial charge in [0.05, 0.1) is 0 Å². The smallest absolute Gasteiger partial charge is 0.417 e. The zero-order valence-corrected chi connectivity index (χ0v) is 17.8. The number of carbonyl (C=O) groups excluding carboxylic acids is 3. The molecule has 3 rings (SSSR count). The third-order valence-corrected chi connectivity index (χ3v) is 4.86. The third-order valence-electron chi connectivity index (χ3n) is 4.86. The minimum absolute atomic E-state index is 0.0289. The molecule has 0 aromatic heterocycles. The zero-order valence-electron chi connectivity index (χ0n) is 17.8. The van der Waals surface area contributed by atoms with Crippen molar-refractivity contribution >= 4 is 18.0 Å². The number of hydrogen-bond donors (Lipinski definition) is 0. The van der Waals surface area contributed by atoms with Gasteiger partial charge in [-0.05, 0) is 56.9 Å². The van der Waals surface area contributed by atoms with Crippen LogP contribution >= 0.6 is 0 Å². The molecule has 2 aromatic rings. The molecule has 7 heteroatoms. The van der Waals surface area contributed by atoms with Gasteiger partial charge in [-0.1, -0.05) is 42.5 Å². The molecule has 0 radical (unpaired) electrons. The summed E-state index contributed by atoms with van der Waals surface area (Å²) in [4.78, 5) is 39.4. The molecule has 2 aromatic carbocycles. The van der Waals surface area contributed by atoms with Crippen molar-refractivity contribution in [2.45, 2.75) is 51.9 Å². The van der Waals surface area contributed by atoms with Crippen molar-refractivity contribution in [3.63, 3.8) is 0 Å². The number of nitrogens with zero attached hydrogens (tertiary/aromatic N) is 1. The van der Waals surface area contributed by atoms with Crippen molar-refractivity contribution in [3.05, 3.63) is 71.5 Å². The van der Waals surface area contributed by atoms with Crippen LogP contribution < -0.4 is 0 Å². The maximum absolute atomic E-state index is 13.6. The zero-order chi connectivity index (χ0) is 22.6. The largest absolute Gasteiger partial charge is 0.459 e.